The van der Waals surface area contributed by atoms with E-state index in [-0.39, 0.29) is 36.9 Å². The van der Waals surface area contributed by atoms with Crippen molar-refractivity contribution in [3.05, 3.63) is 35.8 Å². The van der Waals surface area contributed by atoms with Crippen LogP contribution < -0.4 is 15.8 Å². The molecule has 2 aliphatic heterocycles. The minimum atomic E-state index is -2.88. The van der Waals surface area contributed by atoms with Crippen molar-refractivity contribution in [1.82, 2.24) is 34.7 Å². The average Bonchev–Trinajstić information content (AvgIpc) is 3.46. The molecule has 1 saturated carbocycles. The van der Waals surface area contributed by atoms with E-state index in [0.717, 1.165) is 4.90 Å². The minimum Gasteiger partial charge on any atom is -0.480 e. The van der Waals surface area contributed by atoms with E-state index in [9.17, 15) is 31.5 Å². The number of carbonyl (C=O) groups excluding carboxylic acids is 2. The summed E-state index contributed by atoms with van der Waals surface area (Å²) >= 11 is 0. The van der Waals surface area contributed by atoms with E-state index in [1.807, 2.05) is 0 Å². The van der Waals surface area contributed by atoms with Gasteiger partial charge in [-0.2, -0.15) is 5.10 Å². The third-order valence-corrected chi connectivity index (χ3v) is 7.87. The van der Waals surface area contributed by atoms with Crippen molar-refractivity contribution >= 4 is 23.1 Å². The maximum atomic E-state index is 14.9. The number of halogens is 5. The first-order valence-corrected chi connectivity index (χ1v) is 13.2. The number of anilines is 1. The molecule has 6 rings (SSSR count). The van der Waals surface area contributed by atoms with Crippen molar-refractivity contribution in [1.29, 1.82) is 0 Å². The van der Waals surface area contributed by atoms with Crippen LogP contribution in [0.3, 0.4) is 0 Å². The third kappa shape index (κ3) is 5.07. The topological polar surface area (TPSA) is 131 Å². The molecule has 0 radical (unpaired) electrons. The zero-order valence-electron chi connectivity index (χ0n) is 22.4. The standard InChI is InChI=1S/C26H27F5N8O3/c1-42-23-16(22(40)36-18-9-38(8-17(18)27)24(41)15-4-25(28,29)5-15)2-13(6-33-23)19-3-14(7-37-10-26(30,31)11-37)20-21(32)34-12-35-39(19)20/h2-3,6,12,15,17-18H,4-5,7-11H2,1H3,(H,36,40)(H2,32,34,35)/t17-,18+/m0/s1. The number of hydrogen-bond acceptors (Lipinski definition) is 8. The summed E-state index contributed by atoms with van der Waals surface area (Å²) in [5, 5.41) is 6.82. The van der Waals surface area contributed by atoms with Crippen LogP contribution in [0.25, 0.3) is 16.8 Å². The molecule has 3 fully saturated rings. The number of carbonyl (C=O) groups is 2. The Bertz CT molecular complexity index is 1550. The lowest BCUT2D eigenvalue weighted by Crippen LogP contribution is -2.55. The fourth-order valence-corrected chi connectivity index (χ4v) is 5.77. The summed E-state index contributed by atoms with van der Waals surface area (Å²) < 4.78 is 74.9. The number of pyridine rings is 1. The number of rotatable bonds is 7. The van der Waals surface area contributed by atoms with Gasteiger partial charge in [0.05, 0.1) is 38.5 Å². The Morgan fingerprint density at radius 3 is 2.52 bits per heavy atom. The van der Waals surface area contributed by atoms with Crippen molar-refractivity contribution in [3.8, 4) is 17.1 Å². The second-order valence-electron chi connectivity index (χ2n) is 11.0. The largest absolute Gasteiger partial charge is 0.480 e. The van der Waals surface area contributed by atoms with Gasteiger partial charge >= 0.3 is 0 Å². The number of nitrogen functional groups attached to an aromatic ring is 1. The van der Waals surface area contributed by atoms with Gasteiger partial charge in [0, 0.05) is 43.6 Å². The third-order valence-electron chi connectivity index (χ3n) is 7.87. The summed E-state index contributed by atoms with van der Waals surface area (Å²) in [5.74, 6) is -7.69. The predicted octanol–water partition coefficient (Wildman–Crippen LogP) is 2.16. The number of alkyl halides is 5. The van der Waals surface area contributed by atoms with E-state index in [4.69, 9.17) is 10.5 Å². The van der Waals surface area contributed by atoms with Crippen molar-refractivity contribution in [3.63, 3.8) is 0 Å². The molecular weight excluding hydrogens is 567 g/mol. The Hall–Kier alpha value is -4.08. The maximum absolute atomic E-state index is 14.9. The molecule has 5 heterocycles. The highest BCUT2D eigenvalue weighted by Crippen LogP contribution is 2.43. The first-order chi connectivity index (χ1) is 19.8. The molecule has 2 amide bonds. The molecule has 0 spiro atoms. The van der Waals surface area contributed by atoms with Crippen LogP contribution in [-0.2, 0) is 11.3 Å². The van der Waals surface area contributed by atoms with Crippen LogP contribution >= 0.6 is 0 Å². The van der Waals surface area contributed by atoms with Crippen LogP contribution in [0.4, 0.5) is 27.8 Å². The van der Waals surface area contributed by atoms with Crippen molar-refractivity contribution in [2.75, 3.05) is 39.0 Å². The number of nitrogens with zero attached hydrogens (tertiary/aromatic N) is 6. The molecule has 2 saturated heterocycles. The lowest BCUT2D eigenvalue weighted by Gasteiger charge is -2.38. The smallest absolute Gasteiger partial charge is 0.272 e. The first kappa shape index (κ1) is 28.1. The summed E-state index contributed by atoms with van der Waals surface area (Å²) in [7, 11) is 1.31. The van der Waals surface area contributed by atoms with Crippen LogP contribution in [0.15, 0.2) is 24.7 Å². The van der Waals surface area contributed by atoms with Crippen LogP contribution in [0.2, 0.25) is 0 Å². The molecule has 0 aromatic carbocycles. The van der Waals surface area contributed by atoms with Crippen molar-refractivity contribution in [2.45, 2.75) is 43.4 Å². The highest BCUT2D eigenvalue weighted by Gasteiger charge is 2.51. The Morgan fingerprint density at radius 1 is 1.12 bits per heavy atom. The van der Waals surface area contributed by atoms with Gasteiger partial charge in [0.15, 0.2) is 5.82 Å². The molecule has 1 aliphatic carbocycles. The molecule has 0 bridgehead atoms. The van der Waals surface area contributed by atoms with Gasteiger partial charge in [0.25, 0.3) is 11.8 Å². The molecule has 11 nitrogen and oxygen atoms in total. The van der Waals surface area contributed by atoms with Crippen molar-refractivity contribution < 1.29 is 36.3 Å². The molecule has 2 atom stereocenters. The predicted molar refractivity (Wildman–Crippen MR) is 138 cm³/mol. The molecular formula is C26H27F5N8O3. The molecule has 3 N–H and O–H groups in total. The average molecular weight is 595 g/mol. The molecule has 3 aromatic heterocycles. The SMILES string of the molecule is COc1ncc(-c2cc(CN3CC(F)(F)C3)c3c(N)ncnn23)cc1C(=O)N[C@@H]1CN(C(=O)C2CC(F)(F)C2)C[C@@H]1F. The van der Waals surface area contributed by atoms with Crippen molar-refractivity contribution in [2.24, 2.45) is 5.92 Å². The number of hydrogen-bond donors (Lipinski definition) is 2. The van der Waals surface area contributed by atoms with Crippen LogP contribution in [0.1, 0.15) is 28.8 Å². The van der Waals surface area contributed by atoms with Crippen LogP contribution in [0, 0.1) is 5.92 Å². The van der Waals surface area contributed by atoms with E-state index in [0.29, 0.717) is 22.3 Å². The van der Waals surface area contributed by atoms with Crippen LogP contribution in [0.5, 0.6) is 5.88 Å². The Morgan fingerprint density at radius 2 is 1.86 bits per heavy atom. The van der Waals surface area contributed by atoms with Gasteiger partial charge in [-0.3, -0.25) is 14.5 Å². The van der Waals surface area contributed by atoms with E-state index in [1.54, 1.807) is 11.0 Å². The van der Waals surface area contributed by atoms with Gasteiger partial charge in [-0.05, 0) is 17.7 Å². The number of fused-ring (bicyclic) bond motifs is 1. The maximum Gasteiger partial charge on any atom is 0.272 e. The number of nitrogens with one attached hydrogen (secondary N) is 1. The van der Waals surface area contributed by atoms with Gasteiger partial charge in [-0.1, -0.05) is 0 Å². The molecule has 3 aliphatic rings. The van der Waals surface area contributed by atoms with Gasteiger partial charge in [0.2, 0.25) is 17.7 Å². The quantitative estimate of drug-likeness (QED) is 0.398. The number of ether oxygens (including phenoxy) is 1. The van der Waals surface area contributed by atoms with E-state index < -0.39 is 67.7 Å². The minimum absolute atomic E-state index is 0.0356. The summed E-state index contributed by atoms with van der Waals surface area (Å²) in [6.07, 6.45) is -0.0743. The van der Waals surface area contributed by atoms with E-state index in [2.05, 4.69) is 20.4 Å². The molecule has 0 unspecified atom stereocenters. The second-order valence-corrected chi connectivity index (χ2v) is 11.0. The highest BCUT2D eigenvalue weighted by molar-refractivity contribution is 5.98. The van der Waals surface area contributed by atoms with Crippen LogP contribution in [-0.4, -0.2) is 98.5 Å². The zero-order chi connectivity index (χ0) is 30.0. The lowest BCUT2D eigenvalue weighted by atomic mass is 9.80. The molecule has 42 heavy (non-hydrogen) atoms. The van der Waals surface area contributed by atoms with E-state index in [1.165, 1.54) is 30.2 Å². The normalized spacial score (nSPS) is 23.4. The Kier molecular flexibility index (Phi) is 6.70. The fourth-order valence-electron chi connectivity index (χ4n) is 5.77. The Balaban J connectivity index is 1.24. The molecule has 16 heteroatoms. The summed E-state index contributed by atoms with van der Waals surface area (Å²) in [6.45, 7) is -1.10. The molecule has 224 valence electrons. The number of methoxy groups -OCH3 is 1. The van der Waals surface area contributed by atoms with E-state index >= 15 is 0 Å². The summed E-state index contributed by atoms with van der Waals surface area (Å²) in [4.78, 5) is 36.8. The van der Waals surface area contributed by atoms with Gasteiger partial charge < -0.3 is 20.7 Å². The second kappa shape index (κ2) is 10.0. The summed E-state index contributed by atoms with van der Waals surface area (Å²) in [5.41, 5.74) is 7.94. The summed E-state index contributed by atoms with van der Waals surface area (Å²) in [6, 6.07) is 2.09. The highest BCUT2D eigenvalue weighted by atomic mass is 19.3. The first-order valence-electron chi connectivity index (χ1n) is 13.2. The number of likely N-dealkylation sites (tertiary alicyclic amines) is 2. The number of nitrogens with two attached hydrogens (primary N) is 1. The lowest BCUT2D eigenvalue weighted by molar-refractivity contribution is -0.159. The zero-order valence-corrected chi connectivity index (χ0v) is 22.4. The van der Waals surface area contributed by atoms with Gasteiger partial charge in [0.1, 0.15) is 23.6 Å². The van der Waals surface area contributed by atoms with Gasteiger partial charge in [-0.15, -0.1) is 0 Å². The Labute approximate surface area is 235 Å². The monoisotopic (exact) mass is 594 g/mol. The fraction of sp³-hybridized carbons (Fsp3) is 0.500. The molecule has 3 aromatic rings. The van der Waals surface area contributed by atoms with Gasteiger partial charge in [-0.25, -0.2) is 36.4 Å². The number of amides is 2. The number of aromatic nitrogens is 4.